The number of fused-ring (bicyclic) bond motifs is 5. The zero-order valence-corrected chi connectivity index (χ0v) is 38.8. The molecule has 1 amide bonds. The van der Waals surface area contributed by atoms with E-state index in [2.05, 4.69) is 10.1 Å². The standard InChI is InChI=1S/C49H55NO18/c1-24-29(63-43(59)36(55)35(26-15-11-9-12-16-26)50-44(60)68-45(3,4)5)22-49(61)40(66-41(57)27-17-13-10-14-18-27)38-47(8,30(52)21-31-48(38,23-62-31)67-25(2)51)39(56)37(34(24)46(49,6)7)64-32(53)19-28-20-33(54)65-42(28)58/h9-18,20,29-31,35-38,40,52,55,61H,19,21-23H2,1-8H3,(H,50,60)/t29?,30-,31+,35+,36-,37+,38?,40-,47+,48-,49+/m0/s1. The van der Waals surface area contributed by atoms with Crippen molar-refractivity contribution in [3.63, 3.8) is 0 Å². The number of alkyl carbamates (subject to hydrolysis) is 1. The molecule has 2 unspecified atom stereocenters. The Morgan fingerprint density at radius 3 is 2.12 bits per heavy atom. The SMILES string of the molecule is CC(=O)O[C@@]12CO[C@@H]1C[C@H](O)[C@@]1(C)C(=O)[C@H](OC(=O)CC3=CC(=O)OC3=O)C3=C(C)C(OC(=O)[C@@H](O)[C@H](NC(=O)OC(C)(C)C)c4ccccc4)C[C@@](O)([C@@H](OC(=O)c4ccccc4)C12)C3(C)C. The van der Waals surface area contributed by atoms with Gasteiger partial charge < -0.3 is 53.8 Å². The average Bonchev–Trinajstić information content (AvgIpc) is 3.58. The van der Waals surface area contributed by atoms with Crippen molar-refractivity contribution in [3.8, 4) is 0 Å². The van der Waals surface area contributed by atoms with Gasteiger partial charge >= 0.3 is 41.9 Å². The molecule has 11 atom stereocenters. The first-order valence-corrected chi connectivity index (χ1v) is 22.1. The number of carbonyl (C=O) groups excluding carboxylic acids is 8. The van der Waals surface area contributed by atoms with Crippen LogP contribution in [0.25, 0.3) is 0 Å². The molecule has 2 saturated carbocycles. The second-order valence-electron chi connectivity index (χ2n) is 19.6. The number of ketones is 1. The summed E-state index contributed by atoms with van der Waals surface area (Å²) in [4.78, 5) is 109. The van der Waals surface area contributed by atoms with Crippen LogP contribution in [0.2, 0.25) is 0 Å². The third kappa shape index (κ3) is 8.71. The Balaban J connectivity index is 1.41. The van der Waals surface area contributed by atoms with Gasteiger partial charge in [-0.1, -0.05) is 62.4 Å². The maximum atomic E-state index is 15.8. The maximum Gasteiger partial charge on any atom is 0.408 e. The molecule has 68 heavy (non-hydrogen) atoms. The molecule has 2 aromatic rings. The molecule has 0 spiro atoms. The molecule has 0 radical (unpaired) electrons. The third-order valence-electron chi connectivity index (χ3n) is 13.9. The highest BCUT2D eigenvalue weighted by molar-refractivity contribution is 6.10. The second-order valence-corrected chi connectivity index (χ2v) is 19.6. The van der Waals surface area contributed by atoms with Crippen molar-refractivity contribution in [1.29, 1.82) is 0 Å². The number of aliphatic hydroxyl groups excluding tert-OH is 2. The summed E-state index contributed by atoms with van der Waals surface area (Å²) in [5, 5.41) is 40.4. The number of rotatable bonds is 11. The van der Waals surface area contributed by atoms with Crippen LogP contribution in [0.15, 0.2) is 83.5 Å². The summed E-state index contributed by atoms with van der Waals surface area (Å²) >= 11 is 0. The van der Waals surface area contributed by atoms with Crippen LogP contribution in [-0.4, -0.2) is 123 Å². The molecule has 1 saturated heterocycles. The van der Waals surface area contributed by atoms with Gasteiger partial charge in [-0.25, -0.2) is 24.0 Å². The van der Waals surface area contributed by atoms with Gasteiger partial charge in [0.25, 0.3) is 0 Å². The molecule has 3 aliphatic carbocycles. The number of cyclic esters (lactones) is 2. The molecular weight excluding hydrogens is 891 g/mol. The van der Waals surface area contributed by atoms with Gasteiger partial charge in [-0.15, -0.1) is 0 Å². The van der Waals surface area contributed by atoms with Crippen molar-refractivity contribution < 1.29 is 86.8 Å². The van der Waals surface area contributed by atoms with Crippen molar-refractivity contribution in [3.05, 3.63) is 94.6 Å². The predicted molar refractivity (Wildman–Crippen MR) is 231 cm³/mol. The Hall–Kier alpha value is -6.28. The lowest BCUT2D eigenvalue weighted by Gasteiger charge is -2.67. The summed E-state index contributed by atoms with van der Waals surface area (Å²) in [5.74, 6) is -9.31. The molecule has 19 nitrogen and oxygen atoms in total. The summed E-state index contributed by atoms with van der Waals surface area (Å²) in [6.45, 7) is 11.2. The van der Waals surface area contributed by atoms with Gasteiger partial charge in [0.2, 0.25) is 0 Å². The van der Waals surface area contributed by atoms with E-state index >= 15 is 4.79 Å². The minimum atomic E-state index is -2.54. The van der Waals surface area contributed by atoms with Crippen molar-refractivity contribution in [2.75, 3.05) is 6.61 Å². The van der Waals surface area contributed by atoms with E-state index in [4.69, 9.17) is 28.4 Å². The fourth-order valence-electron chi connectivity index (χ4n) is 10.5. The van der Waals surface area contributed by atoms with Crippen molar-refractivity contribution in [1.82, 2.24) is 5.32 Å². The van der Waals surface area contributed by atoms with Crippen LogP contribution in [-0.2, 0) is 61.9 Å². The number of hydrogen-bond acceptors (Lipinski definition) is 18. The molecule has 2 heterocycles. The van der Waals surface area contributed by atoms with E-state index in [9.17, 15) is 48.9 Å². The smallest absolute Gasteiger partial charge is 0.408 e. The van der Waals surface area contributed by atoms with Crippen LogP contribution in [0.5, 0.6) is 0 Å². The Kier molecular flexibility index (Phi) is 13.1. The van der Waals surface area contributed by atoms with E-state index < -0.39 is 149 Å². The molecule has 2 aliphatic heterocycles. The Labute approximate surface area is 391 Å². The lowest BCUT2D eigenvalue weighted by atomic mass is 9.44. The molecule has 19 heteroatoms. The molecule has 3 fully saturated rings. The van der Waals surface area contributed by atoms with Crippen LogP contribution >= 0.6 is 0 Å². The summed E-state index contributed by atoms with van der Waals surface area (Å²) in [7, 11) is 0. The number of Topliss-reactive ketones (excluding diaryl/α,β-unsaturated/α-hetero) is 1. The fourth-order valence-corrected chi connectivity index (χ4v) is 10.5. The Morgan fingerprint density at radius 2 is 1.56 bits per heavy atom. The third-order valence-corrected chi connectivity index (χ3v) is 13.9. The highest BCUT2D eigenvalue weighted by Crippen LogP contribution is 2.64. The molecule has 7 rings (SSSR count). The van der Waals surface area contributed by atoms with Crippen LogP contribution in [0.1, 0.15) is 96.6 Å². The summed E-state index contributed by atoms with van der Waals surface area (Å²) in [5.41, 5.74) is -9.75. The van der Waals surface area contributed by atoms with E-state index in [1.807, 2.05) is 0 Å². The van der Waals surface area contributed by atoms with E-state index in [0.717, 1.165) is 13.0 Å². The highest BCUT2D eigenvalue weighted by Gasteiger charge is 2.78. The largest absolute Gasteiger partial charge is 0.456 e. The molecule has 4 N–H and O–H groups in total. The highest BCUT2D eigenvalue weighted by atomic mass is 16.6. The van der Waals surface area contributed by atoms with Gasteiger partial charge in [0, 0.05) is 31.3 Å². The molecular formula is C49H55NO18. The van der Waals surface area contributed by atoms with Crippen LogP contribution in [0.4, 0.5) is 4.79 Å². The quantitative estimate of drug-likeness (QED) is 0.109. The molecule has 2 bridgehead atoms. The lowest BCUT2D eigenvalue weighted by Crippen LogP contribution is -2.82. The zero-order valence-electron chi connectivity index (χ0n) is 38.8. The Bertz CT molecular complexity index is 2480. The monoisotopic (exact) mass is 945 g/mol. The maximum absolute atomic E-state index is 15.8. The number of aliphatic hydroxyl groups is 3. The second kappa shape index (κ2) is 18.0. The fraction of sp³-hybridized carbons (Fsp3) is 0.510. The number of nitrogens with one attached hydrogen (secondary N) is 1. The van der Waals surface area contributed by atoms with Crippen molar-refractivity contribution in [2.45, 2.75) is 134 Å². The van der Waals surface area contributed by atoms with E-state index in [-0.39, 0.29) is 28.7 Å². The van der Waals surface area contributed by atoms with Gasteiger partial charge in [0.1, 0.15) is 29.5 Å². The van der Waals surface area contributed by atoms with Crippen LogP contribution in [0, 0.1) is 16.7 Å². The van der Waals surface area contributed by atoms with Gasteiger partial charge in [0.05, 0.1) is 47.6 Å². The van der Waals surface area contributed by atoms with Crippen molar-refractivity contribution in [2.24, 2.45) is 16.7 Å². The van der Waals surface area contributed by atoms with Crippen LogP contribution in [0.3, 0.4) is 0 Å². The van der Waals surface area contributed by atoms with Crippen LogP contribution < -0.4 is 5.32 Å². The number of esters is 6. The first kappa shape index (κ1) is 49.6. The van der Waals surface area contributed by atoms with Gasteiger partial charge in [-0.2, -0.15) is 0 Å². The van der Waals surface area contributed by atoms with E-state index in [1.54, 1.807) is 57.2 Å². The topological polar surface area (TPSA) is 274 Å². The summed E-state index contributed by atoms with van der Waals surface area (Å²) in [6, 6.07) is 14.1. The minimum Gasteiger partial charge on any atom is -0.456 e. The van der Waals surface area contributed by atoms with Gasteiger partial charge in [-0.3, -0.25) is 14.4 Å². The number of ether oxygens (including phenoxy) is 7. The number of amides is 1. The molecule has 2 aromatic carbocycles. The summed E-state index contributed by atoms with van der Waals surface area (Å²) in [6.07, 6.45) is -12.7. The molecule has 0 aromatic heterocycles. The van der Waals surface area contributed by atoms with Crippen molar-refractivity contribution >= 4 is 47.7 Å². The van der Waals surface area contributed by atoms with Gasteiger partial charge in [-0.05, 0) is 63.5 Å². The summed E-state index contributed by atoms with van der Waals surface area (Å²) < 4.78 is 40.4. The number of carbonyl (C=O) groups is 8. The Morgan fingerprint density at radius 1 is 0.926 bits per heavy atom. The first-order chi connectivity index (χ1) is 31.7. The predicted octanol–water partition coefficient (Wildman–Crippen LogP) is 3.21. The average molecular weight is 946 g/mol. The number of benzene rings is 2. The molecule has 364 valence electrons. The minimum absolute atomic E-state index is 0.00614. The first-order valence-electron chi connectivity index (χ1n) is 22.1. The lowest BCUT2D eigenvalue weighted by molar-refractivity contribution is -0.346. The number of hydrogen-bond donors (Lipinski definition) is 4. The zero-order chi connectivity index (χ0) is 49.9. The van der Waals surface area contributed by atoms with Gasteiger partial charge in [0.15, 0.2) is 23.6 Å². The molecule has 5 aliphatic rings. The normalized spacial score (nSPS) is 31.4. The van der Waals surface area contributed by atoms with E-state index in [0.29, 0.717) is 0 Å². The van der Waals surface area contributed by atoms with E-state index in [1.165, 1.54) is 52.0 Å².